The van der Waals surface area contributed by atoms with Crippen LogP contribution in [0.4, 0.5) is 0 Å². The van der Waals surface area contributed by atoms with Crippen molar-refractivity contribution in [3.05, 3.63) is 41.7 Å². The molecule has 0 radical (unpaired) electrons. The molecular weight excluding hydrogens is 228 g/mol. The quantitative estimate of drug-likeness (QED) is 0.440. The van der Waals surface area contributed by atoms with Crippen LogP contribution in [0.3, 0.4) is 0 Å². The van der Waals surface area contributed by atoms with E-state index in [-0.39, 0.29) is 5.76 Å². The van der Waals surface area contributed by atoms with Gasteiger partial charge in [0.2, 0.25) is 5.76 Å². The number of hydrogen-bond acceptors (Lipinski definition) is 3. The van der Waals surface area contributed by atoms with Crippen LogP contribution in [-0.2, 0) is 14.3 Å². The molecule has 3 nitrogen and oxygen atoms in total. The standard InChI is InChI=1S/C15H20O3/c1-12(2)9-10-18-15(16)14(17-3)11-13-7-5-4-6-8-13/h4-8,11-12H,9-10H2,1-3H3. The van der Waals surface area contributed by atoms with Crippen LogP contribution >= 0.6 is 0 Å². The fourth-order valence-corrected chi connectivity index (χ4v) is 1.36. The molecule has 0 fully saturated rings. The Kier molecular flexibility index (Phi) is 5.98. The minimum Gasteiger partial charge on any atom is -0.490 e. The lowest BCUT2D eigenvalue weighted by Crippen LogP contribution is -2.11. The molecule has 0 spiro atoms. The Bertz CT molecular complexity index is 393. The lowest BCUT2D eigenvalue weighted by Gasteiger charge is -2.08. The van der Waals surface area contributed by atoms with E-state index in [1.54, 1.807) is 6.08 Å². The number of carbonyl (C=O) groups excluding carboxylic acids is 1. The van der Waals surface area contributed by atoms with E-state index in [9.17, 15) is 4.79 Å². The number of hydrogen-bond donors (Lipinski definition) is 0. The van der Waals surface area contributed by atoms with Crippen molar-refractivity contribution >= 4 is 12.0 Å². The van der Waals surface area contributed by atoms with Crippen molar-refractivity contribution in [3.8, 4) is 0 Å². The molecule has 0 amide bonds. The molecule has 3 heteroatoms. The van der Waals surface area contributed by atoms with E-state index in [2.05, 4.69) is 13.8 Å². The van der Waals surface area contributed by atoms with Crippen LogP contribution in [0.5, 0.6) is 0 Å². The molecular formula is C15H20O3. The van der Waals surface area contributed by atoms with Crippen LogP contribution in [-0.4, -0.2) is 19.7 Å². The maximum atomic E-state index is 11.7. The van der Waals surface area contributed by atoms with Gasteiger partial charge in [0, 0.05) is 0 Å². The molecule has 0 saturated carbocycles. The number of methoxy groups -OCH3 is 1. The van der Waals surface area contributed by atoms with E-state index < -0.39 is 5.97 Å². The first-order valence-electron chi connectivity index (χ1n) is 6.11. The average Bonchev–Trinajstić information content (AvgIpc) is 2.36. The van der Waals surface area contributed by atoms with Crippen LogP contribution in [0.1, 0.15) is 25.8 Å². The first-order valence-corrected chi connectivity index (χ1v) is 6.11. The second-order valence-electron chi connectivity index (χ2n) is 4.44. The zero-order valence-electron chi connectivity index (χ0n) is 11.2. The summed E-state index contributed by atoms with van der Waals surface area (Å²) in [5, 5.41) is 0. The summed E-state index contributed by atoms with van der Waals surface area (Å²) in [4.78, 5) is 11.7. The van der Waals surface area contributed by atoms with Crippen molar-refractivity contribution in [1.29, 1.82) is 0 Å². The van der Waals surface area contributed by atoms with Gasteiger partial charge in [-0.25, -0.2) is 4.79 Å². The van der Waals surface area contributed by atoms with E-state index >= 15 is 0 Å². The van der Waals surface area contributed by atoms with Gasteiger partial charge in [-0.15, -0.1) is 0 Å². The summed E-state index contributed by atoms with van der Waals surface area (Å²) in [6.45, 7) is 4.60. The molecule has 1 aromatic rings. The summed E-state index contributed by atoms with van der Waals surface area (Å²) in [6, 6.07) is 9.54. The molecule has 0 saturated heterocycles. The van der Waals surface area contributed by atoms with E-state index in [0.717, 1.165) is 12.0 Å². The van der Waals surface area contributed by atoms with Gasteiger partial charge in [0.05, 0.1) is 13.7 Å². The van der Waals surface area contributed by atoms with Gasteiger partial charge >= 0.3 is 5.97 Å². The minimum atomic E-state index is -0.415. The van der Waals surface area contributed by atoms with Crippen molar-refractivity contribution < 1.29 is 14.3 Å². The number of rotatable bonds is 6. The number of benzene rings is 1. The molecule has 1 rings (SSSR count). The molecule has 98 valence electrons. The first kappa shape index (κ1) is 14.3. The number of carbonyl (C=O) groups is 1. The first-order chi connectivity index (χ1) is 8.63. The van der Waals surface area contributed by atoms with Gasteiger partial charge in [-0.1, -0.05) is 44.2 Å². The predicted octanol–water partition coefficient (Wildman–Crippen LogP) is 3.26. The molecule has 18 heavy (non-hydrogen) atoms. The van der Waals surface area contributed by atoms with Crippen molar-refractivity contribution in [3.63, 3.8) is 0 Å². The molecule has 0 bridgehead atoms. The summed E-state index contributed by atoms with van der Waals surface area (Å²) >= 11 is 0. The van der Waals surface area contributed by atoms with E-state index in [1.807, 2.05) is 30.3 Å². The fraction of sp³-hybridized carbons (Fsp3) is 0.400. The fourth-order valence-electron chi connectivity index (χ4n) is 1.36. The third kappa shape index (κ3) is 5.04. The third-order valence-electron chi connectivity index (χ3n) is 2.45. The zero-order chi connectivity index (χ0) is 13.4. The maximum Gasteiger partial charge on any atom is 0.373 e. The molecule has 0 aromatic heterocycles. The highest BCUT2D eigenvalue weighted by atomic mass is 16.6. The molecule has 0 atom stereocenters. The van der Waals surface area contributed by atoms with Crippen molar-refractivity contribution in [1.82, 2.24) is 0 Å². The summed E-state index contributed by atoms with van der Waals surface area (Å²) < 4.78 is 10.2. The van der Waals surface area contributed by atoms with Crippen LogP contribution < -0.4 is 0 Å². The van der Waals surface area contributed by atoms with Crippen LogP contribution in [0.15, 0.2) is 36.1 Å². The topological polar surface area (TPSA) is 35.5 Å². The molecule has 0 heterocycles. The molecule has 0 N–H and O–H groups in total. The van der Waals surface area contributed by atoms with Gasteiger partial charge < -0.3 is 9.47 Å². The van der Waals surface area contributed by atoms with Gasteiger partial charge in [0.1, 0.15) is 0 Å². The summed E-state index contributed by atoms with van der Waals surface area (Å²) in [6.07, 6.45) is 2.53. The largest absolute Gasteiger partial charge is 0.490 e. The zero-order valence-corrected chi connectivity index (χ0v) is 11.2. The van der Waals surface area contributed by atoms with E-state index in [4.69, 9.17) is 9.47 Å². The van der Waals surface area contributed by atoms with E-state index in [1.165, 1.54) is 7.11 Å². The molecule has 0 unspecified atom stereocenters. The number of ether oxygens (including phenoxy) is 2. The highest BCUT2D eigenvalue weighted by molar-refractivity contribution is 5.91. The second kappa shape index (κ2) is 7.54. The van der Waals surface area contributed by atoms with Crippen molar-refractivity contribution in [2.45, 2.75) is 20.3 Å². The van der Waals surface area contributed by atoms with Crippen molar-refractivity contribution in [2.75, 3.05) is 13.7 Å². The normalized spacial score (nSPS) is 11.4. The van der Waals surface area contributed by atoms with E-state index in [0.29, 0.717) is 12.5 Å². The van der Waals surface area contributed by atoms with Gasteiger partial charge in [0.15, 0.2) is 0 Å². The van der Waals surface area contributed by atoms with Crippen molar-refractivity contribution in [2.24, 2.45) is 5.92 Å². The Hall–Kier alpha value is -1.77. The van der Waals surface area contributed by atoms with Crippen LogP contribution in [0, 0.1) is 5.92 Å². The lowest BCUT2D eigenvalue weighted by atomic mass is 10.1. The Morgan fingerprint density at radius 3 is 2.50 bits per heavy atom. The van der Waals surface area contributed by atoms with Gasteiger partial charge in [-0.05, 0) is 24.0 Å². The van der Waals surface area contributed by atoms with Gasteiger partial charge in [0.25, 0.3) is 0 Å². The molecule has 0 aliphatic rings. The van der Waals surface area contributed by atoms with Crippen LogP contribution in [0.25, 0.3) is 6.08 Å². The summed E-state index contributed by atoms with van der Waals surface area (Å²) in [7, 11) is 1.47. The third-order valence-corrected chi connectivity index (χ3v) is 2.45. The molecule has 1 aromatic carbocycles. The second-order valence-corrected chi connectivity index (χ2v) is 4.44. The van der Waals surface area contributed by atoms with Gasteiger partial charge in [-0.3, -0.25) is 0 Å². The Morgan fingerprint density at radius 2 is 1.94 bits per heavy atom. The summed E-state index contributed by atoms with van der Waals surface area (Å²) in [5.74, 6) is 0.328. The Morgan fingerprint density at radius 1 is 1.28 bits per heavy atom. The average molecular weight is 248 g/mol. The molecule has 0 aliphatic heterocycles. The predicted molar refractivity (Wildman–Crippen MR) is 71.8 cm³/mol. The van der Waals surface area contributed by atoms with Crippen LogP contribution in [0.2, 0.25) is 0 Å². The highest BCUT2D eigenvalue weighted by Gasteiger charge is 2.11. The maximum absolute atomic E-state index is 11.7. The Labute approximate surface area is 108 Å². The minimum absolute atomic E-state index is 0.227. The van der Waals surface area contributed by atoms with Gasteiger partial charge in [-0.2, -0.15) is 0 Å². The summed E-state index contributed by atoms with van der Waals surface area (Å²) in [5.41, 5.74) is 0.912. The SMILES string of the molecule is COC(=Cc1ccccc1)C(=O)OCCC(C)C. The highest BCUT2D eigenvalue weighted by Crippen LogP contribution is 2.09. The monoisotopic (exact) mass is 248 g/mol. The lowest BCUT2D eigenvalue weighted by molar-refractivity contribution is -0.142. The number of esters is 1. The smallest absolute Gasteiger partial charge is 0.373 e. The molecule has 0 aliphatic carbocycles. The Balaban J connectivity index is 2.60.